The van der Waals surface area contributed by atoms with Crippen LogP contribution < -0.4 is 20.1 Å². The van der Waals surface area contributed by atoms with Crippen molar-refractivity contribution in [2.75, 3.05) is 24.9 Å². The molecule has 8 aromatic rings. The minimum atomic E-state index is -4.77. The highest BCUT2D eigenvalue weighted by atomic mass is 35.5. The summed E-state index contributed by atoms with van der Waals surface area (Å²) < 4.78 is 107. The normalized spacial score (nSPS) is 11.5. The highest BCUT2D eigenvalue weighted by Crippen LogP contribution is 2.36. The zero-order chi connectivity index (χ0) is 45.2. The number of anilines is 2. The maximum atomic E-state index is 13.9. The molecule has 0 aliphatic heterocycles. The van der Waals surface area contributed by atoms with Crippen molar-refractivity contribution in [3.63, 3.8) is 0 Å². The molecular formula is C41H28ClF7N10O4. The number of fused-ring (bicyclic) bond motifs is 2. The summed E-state index contributed by atoms with van der Waals surface area (Å²) in [7, 11) is 2.80. The lowest BCUT2D eigenvalue weighted by atomic mass is 10.1. The van der Waals surface area contributed by atoms with Gasteiger partial charge in [0.25, 0.3) is 11.8 Å². The van der Waals surface area contributed by atoms with Crippen LogP contribution in [-0.2, 0) is 12.4 Å². The van der Waals surface area contributed by atoms with E-state index in [-0.39, 0.29) is 55.9 Å². The van der Waals surface area contributed by atoms with Gasteiger partial charge in [-0.2, -0.15) is 26.3 Å². The van der Waals surface area contributed by atoms with Gasteiger partial charge in [-0.1, -0.05) is 29.8 Å². The number of nitrogens with one attached hydrogen (secondary N) is 2. The van der Waals surface area contributed by atoms with Gasteiger partial charge in [0.2, 0.25) is 11.6 Å². The second-order valence-corrected chi connectivity index (χ2v) is 13.5. The first kappa shape index (κ1) is 43.4. The highest BCUT2D eigenvalue weighted by molar-refractivity contribution is 6.30. The van der Waals surface area contributed by atoms with Crippen molar-refractivity contribution in [1.29, 1.82) is 0 Å². The minimum Gasteiger partial charge on any atom is -0.497 e. The quantitative estimate of drug-likeness (QED) is 0.141. The molecule has 2 amide bonds. The number of aromatic nitrogens is 8. The maximum Gasteiger partial charge on any atom is 0.450 e. The Morgan fingerprint density at radius 1 is 0.619 bits per heavy atom. The summed E-state index contributed by atoms with van der Waals surface area (Å²) in [5, 5.41) is 5.04. The van der Waals surface area contributed by atoms with Crippen LogP contribution in [0.3, 0.4) is 0 Å². The lowest BCUT2D eigenvalue weighted by Crippen LogP contribution is -2.16. The summed E-state index contributed by atoms with van der Waals surface area (Å²) in [6.45, 7) is 1.79. The number of methoxy groups -OCH3 is 2. The molecule has 0 radical (unpaired) electrons. The molecule has 4 aromatic carbocycles. The van der Waals surface area contributed by atoms with E-state index in [0.717, 1.165) is 39.4 Å². The van der Waals surface area contributed by atoms with Crippen molar-refractivity contribution in [3.05, 3.63) is 143 Å². The Balaban J connectivity index is 0.000000189. The van der Waals surface area contributed by atoms with Gasteiger partial charge in [0.05, 0.1) is 66.6 Å². The van der Waals surface area contributed by atoms with Crippen molar-refractivity contribution in [2.45, 2.75) is 19.3 Å². The first-order valence-corrected chi connectivity index (χ1v) is 18.4. The third-order valence-electron chi connectivity index (χ3n) is 9.01. The summed E-state index contributed by atoms with van der Waals surface area (Å²) in [4.78, 5) is 48.1. The van der Waals surface area contributed by atoms with Crippen LogP contribution >= 0.6 is 11.6 Å². The third kappa shape index (κ3) is 9.32. The van der Waals surface area contributed by atoms with E-state index in [4.69, 9.17) is 21.1 Å². The average Bonchev–Trinajstić information content (AvgIpc) is 3.84. The molecule has 0 aliphatic rings. The molecule has 0 atom stereocenters. The van der Waals surface area contributed by atoms with Gasteiger partial charge in [0, 0.05) is 22.7 Å². The Morgan fingerprint density at radius 2 is 1.10 bits per heavy atom. The fraction of sp³-hybridized carbons (Fsp3) is 0.122. The molecule has 0 bridgehead atoms. The standard InChI is InChI=1S/C21H16F3N5O2.C20H12ClF4N5O2/c1-12-5-3-4-6-14(12)19(30)28-17-10-26-18(11-25-17)29-16-8-7-13(31-2)9-15(16)27-20(29)21(22,23)24;1-32-11-3-5-15-14(7-11)28-19(20(23,24)25)30(15)17-9-26-16(8-27-17)29-18(31)12-4-2-10(21)6-13(12)22/h3-11H,1-2H3,(H,25,28,30);2-9H,1H3,(H,26,29,31). The molecule has 0 saturated heterocycles. The number of hydrogen-bond donors (Lipinski definition) is 2. The predicted molar refractivity (Wildman–Crippen MR) is 215 cm³/mol. The molecule has 0 fully saturated rings. The van der Waals surface area contributed by atoms with E-state index in [1.807, 2.05) is 6.07 Å². The molecule has 14 nitrogen and oxygen atoms in total. The first-order chi connectivity index (χ1) is 29.9. The third-order valence-corrected chi connectivity index (χ3v) is 9.25. The van der Waals surface area contributed by atoms with Crippen LogP contribution in [0.25, 0.3) is 33.7 Å². The zero-order valence-corrected chi connectivity index (χ0v) is 33.3. The molecule has 0 unspecified atom stereocenters. The van der Waals surface area contributed by atoms with Crippen LogP contribution in [0.4, 0.5) is 42.4 Å². The zero-order valence-electron chi connectivity index (χ0n) is 32.5. The van der Waals surface area contributed by atoms with E-state index >= 15 is 0 Å². The van der Waals surface area contributed by atoms with E-state index in [1.54, 1.807) is 25.1 Å². The molecule has 0 aliphatic carbocycles. The summed E-state index contributed by atoms with van der Waals surface area (Å²) in [5.41, 5.74) is 1.43. The van der Waals surface area contributed by atoms with Gasteiger partial charge < -0.3 is 20.1 Å². The molecular weight excluding hydrogens is 865 g/mol. The van der Waals surface area contributed by atoms with Gasteiger partial charge in [0.15, 0.2) is 23.3 Å². The molecule has 322 valence electrons. The van der Waals surface area contributed by atoms with Crippen molar-refractivity contribution in [1.82, 2.24) is 39.0 Å². The van der Waals surface area contributed by atoms with Crippen LogP contribution in [0, 0.1) is 12.7 Å². The fourth-order valence-electron chi connectivity index (χ4n) is 6.09. The van der Waals surface area contributed by atoms with Gasteiger partial charge in [-0.05, 0) is 61.0 Å². The Hall–Kier alpha value is -7.68. The average molecular weight is 893 g/mol. The number of nitrogens with zero attached hydrogens (tertiary/aromatic N) is 8. The van der Waals surface area contributed by atoms with E-state index < -0.39 is 41.6 Å². The molecule has 0 saturated carbocycles. The summed E-state index contributed by atoms with van der Waals surface area (Å²) >= 11 is 5.66. The van der Waals surface area contributed by atoms with Crippen molar-refractivity contribution in [2.24, 2.45) is 0 Å². The number of benzene rings is 4. The van der Waals surface area contributed by atoms with E-state index in [2.05, 4.69) is 40.5 Å². The van der Waals surface area contributed by atoms with E-state index in [0.29, 0.717) is 17.1 Å². The molecule has 8 rings (SSSR count). The predicted octanol–water partition coefficient (Wildman–Crippen LogP) is 9.29. The molecule has 4 aromatic heterocycles. The number of aryl methyl sites for hydroxylation is 1. The van der Waals surface area contributed by atoms with Crippen LogP contribution in [0.15, 0.2) is 104 Å². The van der Waals surface area contributed by atoms with Gasteiger partial charge in [-0.3, -0.25) is 18.7 Å². The molecule has 4 heterocycles. The highest BCUT2D eigenvalue weighted by Gasteiger charge is 2.39. The smallest absolute Gasteiger partial charge is 0.450 e. The molecule has 2 N–H and O–H groups in total. The van der Waals surface area contributed by atoms with Crippen LogP contribution in [0.5, 0.6) is 11.5 Å². The number of ether oxygens (including phenoxy) is 2. The fourth-order valence-corrected chi connectivity index (χ4v) is 6.25. The molecule has 22 heteroatoms. The Labute approximate surface area is 355 Å². The number of hydrogen-bond acceptors (Lipinski definition) is 10. The first-order valence-electron chi connectivity index (χ1n) is 18.0. The van der Waals surface area contributed by atoms with Gasteiger partial charge in [0.1, 0.15) is 17.3 Å². The van der Waals surface area contributed by atoms with Gasteiger partial charge in [-0.25, -0.2) is 34.3 Å². The maximum absolute atomic E-state index is 13.9. The van der Waals surface area contributed by atoms with Crippen LogP contribution in [0.2, 0.25) is 5.02 Å². The van der Waals surface area contributed by atoms with Gasteiger partial charge in [-0.15, -0.1) is 0 Å². The number of alkyl halides is 6. The number of halogens is 8. The summed E-state index contributed by atoms with van der Waals surface area (Å²) in [6, 6.07) is 19.2. The van der Waals surface area contributed by atoms with Crippen molar-refractivity contribution < 1.29 is 49.8 Å². The number of carbonyl (C=O) groups is 2. The van der Waals surface area contributed by atoms with Gasteiger partial charge >= 0.3 is 12.4 Å². The lowest BCUT2D eigenvalue weighted by Gasteiger charge is -2.11. The summed E-state index contributed by atoms with van der Waals surface area (Å²) in [5.74, 6) is -3.92. The van der Waals surface area contributed by atoms with E-state index in [9.17, 15) is 40.3 Å². The topological polar surface area (TPSA) is 164 Å². The van der Waals surface area contributed by atoms with Crippen LogP contribution in [0.1, 0.15) is 37.9 Å². The number of rotatable bonds is 8. The van der Waals surface area contributed by atoms with Crippen LogP contribution in [-0.4, -0.2) is 65.1 Å². The summed E-state index contributed by atoms with van der Waals surface area (Å²) in [6.07, 6.45) is -5.06. The molecule has 63 heavy (non-hydrogen) atoms. The largest absolute Gasteiger partial charge is 0.497 e. The second kappa shape index (κ2) is 17.4. The minimum absolute atomic E-state index is 0.0501. The second-order valence-electron chi connectivity index (χ2n) is 13.1. The number of carbonyl (C=O) groups excluding carboxylic acids is 2. The molecule has 0 spiro atoms. The lowest BCUT2D eigenvalue weighted by molar-refractivity contribution is -0.146. The van der Waals surface area contributed by atoms with E-state index in [1.165, 1.54) is 68.9 Å². The van der Waals surface area contributed by atoms with Crippen molar-refractivity contribution >= 4 is 57.1 Å². The SMILES string of the molecule is COc1ccc2c(c1)nc(C(F)(F)F)n2-c1cnc(NC(=O)c2ccc(Cl)cc2F)cn1.COc1ccc2c(c1)nc(C(F)(F)F)n2-c1cnc(NC(=O)c2ccccc2C)cn1. The number of imidazole rings is 2. The van der Waals surface area contributed by atoms with Crippen molar-refractivity contribution in [3.8, 4) is 23.1 Å². The number of amides is 2. The Bertz CT molecular complexity index is 2990. The Kier molecular flexibility index (Phi) is 12.0. The Morgan fingerprint density at radius 3 is 1.51 bits per heavy atom. The monoisotopic (exact) mass is 892 g/mol.